The molecule has 2 aromatic rings. The van der Waals surface area contributed by atoms with Gasteiger partial charge in [-0.2, -0.15) is 0 Å². The van der Waals surface area contributed by atoms with Gasteiger partial charge in [-0.1, -0.05) is 55.5 Å². The van der Waals surface area contributed by atoms with Gasteiger partial charge in [-0.3, -0.25) is 9.59 Å². The molecule has 144 valence electrons. The molecule has 0 aromatic heterocycles. The highest BCUT2D eigenvalue weighted by atomic mass is 32.2. The van der Waals surface area contributed by atoms with Crippen LogP contribution in [0.4, 0.5) is 4.39 Å². The van der Waals surface area contributed by atoms with E-state index in [-0.39, 0.29) is 23.4 Å². The number of nitrogens with zero attached hydrogens (tertiary/aromatic N) is 1. The first-order valence-corrected chi connectivity index (χ1v) is 10.1. The topological polar surface area (TPSA) is 49.4 Å². The molecule has 0 fully saturated rings. The molecule has 0 saturated carbocycles. The van der Waals surface area contributed by atoms with Gasteiger partial charge >= 0.3 is 0 Å². The minimum absolute atomic E-state index is 0.129. The smallest absolute Gasteiger partial charge is 0.242 e. The van der Waals surface area contributed by atoms with E-state index in [9.17, 15) is 14.0 Å². The van der Waals surface area contributed by atoms with E-state index < -0.39 is 6.04 Å². The summed E-state index contributed by atoms with van der Waals surface area (Å²) in [7, 11) is 1.57. The molecule has 0 bridgehead atoms. The van der Waals surface area contributed by atoms with Crippen molar-refractivity contribution in [2.24, 2.45) is 0 Å². The second-order valence-electron chi connectivity index (χ2n) is 6.13. The number of rotatable bonds is 9. The maximum absolute atomic E-state index is 13.7. The van der Waals surface area contributed by atoms with E-state index in [0.717, 1.165) is 5.56 Å². The monoisotopic (exact) mass is 388 g/mol. The molecule has 2 aromatic carbocycles. The Balaban J connectivity index is 2.07. The molecule has 4 nitrogen and oxygen atoms in total. The van der Waals surface area contributed by atoms with E-state index >= 15 is 0 Å². The highest BCUT2D eigenvalue weighted by Gasteiger charge is 2.27. The Hall–Kier alpha value is -2.34. The SMILES string of the molecule is CC[C@@H](C(=O)NC)N(Cc1ccccc1)C(=O)CSCc1ccccc1F. The lowest BCUT2D eigenvalue weighted by molar-refractivity contribution is -0.139. The van der Waals surface area contributed by atoms with E-state index in [4.69, 9.17) is 0 Å². The van der Waals surface area contributed by atoms with Crippen LogP contribution in [-0.4, -0.2) is 35.6 Å². The van der Waals surface area contributed by atoms with Crippen molar-refractivity contribution in [1.82, 2.24) is 10.2 Å². The molecule has 6 heteroatoms. The van der Waals surface area contributed by atoms with Crippen molar-refractivity contribution in [1.29, 1.82) is 0 Å². The molecular weight excluding hydrogens is 363 g/mol. The predicted octanol–water partition coefficient (Wildman–Crippen LogP) is 3.61. The zero-order chi connectivity index (χ0) is 19.6. The third kappa shape index (κ3) is 6.10. The van der Waals surface area contributed by atoms with Crippen LogP contribution in [0.2, 0.25) is 0 Å². The van der Waals surface area contributed by atoms with Gasteiger partial charge in [0.2, 0.25) is 11.8 Å². The first kappa shape index (κ1) is 21.0. The van der Waals surface area contributed by atoms with Gasteiger partial charge in [0.05, 0.1) is 5.75 Å². The van der Waals surface area contributed by atoms with Gasteiger partial charge in [0.1, 0.15) is 11.9 Å². The summed E-state index contributed by atoms with van der Waals surface area (Å²) in [5.74, 6) is 0.0233. The van der Waals surface area contributed by atoms with Crippen molar-refractivity contribution in [2.75, 3.05) is 12.8 Å². The number of carbonyl (C=O) groups is 2. The molecule has 0 unspecified atom stereocenters. The number of hydrogen-bond acceptors (Lipinski definition) is 3. The average molecular weight is 389 g/mol. The molecule has 0 heterocycles. The predicted molar refractivity (Wildman–Crippen MR) is 108 cm³/mol. The van der Waals surface area contributed by atoms with Crippen LogP contribution in [0.1, 0.15) is 24.5 Å². The Labute approximate surface area is 164 Å². The maximum Gasteiger partial charge on any atom is 0.242 e. The fraction of sp³-hybridized carbons (Fsp3) is 0.333. The van der Waals surface area contributed by atoms with E-state index in [1.807, 2.05) is 37.3 Å². The second-order valence-corrected chi connectivity index (χ2v) is 7.12. The minimum atomic E-state index is -0.531. The minimum Gasteiger partial charge on any atom is -0.357 e. The number of hydrogen-bond donors (Lipinski definition) is 1. The molecule has 1 atom stereocenters. The van der Waals surface area contributed by atoms with Gasteiger partial charge in [0, 0.05) is 19.3 Å². The molecule has 0 spiro atoms. The number of benzene rings is 2. The maximum atomic E-state index is 13.7. The number of halogens is 1. The van der Waals surface area contributed by atoms with Crippen molar-refractivity contribution in [3.8, 4) is 0 Å². The van der Waals surface area contributed by atoms with Crippen LogP contribution in [0, 0.1) is 5.82 Å². The van der Waals surface area contributed by atoms with Crippen LogP contribution >= 0.6 is 11.8 Å². The van der Waals surface area contributed by atoms with Crippen LogP contribution in [-0.2, 0) is 21.9 Å². The Bertz CT molecular complexity index is 755. The van der Waals surface area contributed by atoms with Gasteiger partial charge in [-0.25, -0.2) is 4.39 Å². The van der Waals surface area contributed by atoms with Crippen molar-refractivity contribution in [3.63, 3.8) is 0 Å². The molecule has 0 radical (unpaired) electrons. The molecule has 27 heavy (non-hydrogen) atoms. The number of amides is 2. The van der Waals surface area contributed by atoms with Crippen molar-refractivity contribution >= 4 is 23.6 Å². The fourth-order valence-electron chi connectivity index (χ4n) is 2.81. The second kappa shape index (κ2) is 10.7. The van der Waals surface area contributed by atoms with Gasteiger partial charge < -0.3 is 10.2 Å². The molecule has 2 rings (SSSR count). The van der Waals surface area contributed by atoms with E-state index in [0.29, 0.717) is 24.3 Å². The van der Waals surface area contributed by atoms with Gasteiger partial charge in [0.15, 0.2) is 0 Å². The zero-order valence-electron chi connectivity index (χ0n) is 15.7. The molecule has 0 aliphatic carbocycles. The van der Waals surface area contributed by atoms with Crippen LogP contribution in [0.5, 0.6) is 0 Å². The third-order valence-corrected chi connectivity index (χ3v) is 5.24. The first-order valence-electron chi connectivity index (χ1n) is 8.93. The van der Waals surface area contributed by atoms with Crippen LogP contribution in [0.15, 0.2) is 54.6 Å². The Morgan fingerprint density at radius 2 is 1.78 bits per heavy atom. The number of thioether (sulfide) groups is 1. The van der Waals surface area contributed by atoms with Gasteiger partial charge in [0.25, 0.3) is 0 Å². The largest absolute Gasteiger partial charge is 0.357 e. The summed E-state index contributed by atoms with van der Waals surface area (Å²) in [6.07, 6.45) is 0.524. The quantitative estimate of drug-likeness (QED) is 0.714. The summed E-state index contributed by atoms with van der Waals surface area (Å²) in [6.45, 7) is 2.25. The highest BCUT2D eigenvalue weighted by Crippen LogP contribution is 2.18. The Morgan fingerprint density at radius 3 is 2.41 bits per heavy atom. The number of nitrogens with one attached hydrogen (secondary N) is 1. The van der Waals surface area contributed by atoms with Crippen molar-refractivity contribution < 1.29 is 14.0 Å². The fourth-order valence-corrected chi connectivity index (χ4v) is 3.71. The lowest BCUT2D eigenvalue weighted by Crippen LogP contribution is -2.48. The summed E-state index contributed by atoms with van der Waals surface area (Å²) in [5, 5.41) is 2.64. The van der Waals surface area contributed by atoms with Gasteiger partial charge in [-0.15, -0.1) is 11.8 Å². The molecule has 0 aliphatic heterocycles. The normalized spacial score (nSPS) is 11.7. The average Bonchev–Trinajstić information content (AvgIpc) is 2.69. The molecule has 1 N–H and O–H groups in total. The molecular formula is C21H25FN2O2S. The summed E-state index contributed by atoms with van der Waals surface area (Å²) in [6, 6.07) is 15.6. The summed E-state index contributed by atoms with van der Waals surface area (Å²) in [5.41, 5.74) is 1.54. The molecule has 0 aliphatic rings. The standard InChI is InChI=1S/C21H25FN2O2S/c1-3-19(21(26)23-2)24(13-16-9-5-4-6-10-16)20(25)15-27-14-17-11-7-8-12-18(17)22/h4-12,19H,3,13-15H2,1-2H3,(H,23,26)/t19-/m0/s1. The Morgan fingerprint density at radius 1 is 1.11 bits per heavy atom. The van der Waals surface area contributed by atoms with E-state index in [1.54, 1.807) is 30.1 Å². The lowest BCUT2D eigenvalue weighted by Gasteiger charge is -2.30. The van der Waals surface area contributed by atoms with Crippen LogP contribution < -0.4 is 5.32 Å². The summed E-state index contributed by atoms with van der Waals surface area (Å²) < 4.78 is 13.7. The lowest BCUT2D eigenvalue weighted by atomic mass is 10.1. The van der Waals surface area contributed by atoms with Crippen LogP contribution in [0.3, 0.4) is 0 Å². The van der Waals surface area contributed by atoms with Crippen molar-refractivity contribution in [2.45, 2.75) is 31.7 Å². The molecule has 2 amide bonds. The van der Waals surface area contributed by atoms with E-state index in [1.165, 1.54) is 17.8 Å². The summed E-state index contributed by atoms with van der Waals surface area (Å²) >= 11 is 1.35. The highest BCUT2D eigenvalue weighted by molar-refractivity contribution is 7.99. The Kier molecular flexibility index (Phi) is 8.33. The van der Waals surface area contributed by atoms with Crippen molar-refractivity contribution in [3.05, 3.63) is 71.5 Å². The third-order valence-electron chi connectivity index (χ3n) is 4.27. The number of likely N-dealkylation sites (N-methyl/N-ethyl adjacent to an activating group) is 1. The zero-order valence-corrected chi connectivity index (χ0v) is 16.5. The van der Waals surface area contributed by atoms with E-state index in [2.05, 4.69) is 5.32 Å². The first-order chi connectivity index (χ1) is 13.1. The van der Waals surface area contributed by atoms with Gasteiger partial charge in [-0.05, 0) is 23.6 Å². The summed E-state index contributed by atoms with van der Waals surface area (Å²) in [4.78, 5) is 26.7. The van der Waals surface area contributed by atoms with Crippen LogP contribution in [0.25, 0.3) is 0 Å². The molecule has 0 saturated heterocycles. The number of carbonyl (C=O) groups excluding carboxylic acids is 2.